The molecule has 1 N–H and O–H groups in total. The highest BCUT2D eigenvalue weighted by Gasteiger charge is 2.08. The molecule has 0 aliphatic heterocycles. The summed E-state index contributed by atoms with van der Waals surface area (Å²) in [7, 11) is 0. The Morgan fingerprint density at radius 3 is 2.22 bits per heavy atom. The number of unbranched alkanes of at least 4 members (excludes halogenated alkanes) is 7. The maximum atomic E-state index is 11.7. The first-order valence-corrected chi connectivity index (χ1v) is 8.98. The third-order valence-electron chi connectivity index (χ3n) is 3.88. The molecular weight excluding hydrogens is 286 g/mol. The molecule has 1 aromatic rings. The van der Waals surface area contributed by atoms with E-state index in [0.29, 0.717) is 18.7 Å². The zero-order valence-electron chi connectivity index (χ0n) is 14.5. The molecule has 0 atom stereocenters. The average Bonchev–Trinajstić information content (AvgIpc) is 2.54. The van der Waals surface area contributed by atoms with Gasteiger partial charge >= 0.3 is 5.97 Å². The van der Waals surface area contributed by atoms with Crippen LogP contribution < -0.4 is 0 Å². The Morgan fingerprint density at radius 2 is 1.57 bits per heavy atom. The summed E-state index contributed by atoms with van der Waals surface area (Å²) in [6, 6.07) is 9.79. The van der Waals surface area contributed by atoms with Crippen LogP contribution in [0.4, 0.5) is 0 Å². The Hall–Kier alpha value is -1.64. The molecule has 0 fully saturated rings. The zero-order chi connectivity index (χ0) is 16.8. The molecule has 0 saturated heterocycles. The van der Waals surface area contributed by atoms with Crippen LogP contribution in [0.1, 0.15) is 70.3 Å². The molecule has 0 spiro atoms. The van der Waals surface area contributed by atoms with Gasteiger partial charge in [0.05, 0.1) is 13.0 Å². The van der Waals surface area contributed by atoms with Crippen LogP contribution in [0.5, 0.6) is 0 Å². The number of ether oxygens (including phenoxy) is 1. The van der Waals surface area contributed by atoms with Gasteiger partial charge in [-0.05, 0) is 12.0 Å². The number of nitrogens with one attached hydrogen (secondary N) is 1. The maximum absolute atomic E-state index is 11.7. The van der Waals surface area contributed by atoms with Crippen molar-refractivity contribution < 1.29 is 9.53 Å². The summed E-state index contributed by atoms with van der Waals surface area (Å²) >= 11 is 0. The highest BCUT2D eigenvalue weighted by molar-refractivity contribution is 5.98. The van der Waals surface area contributed by atoms with Gasteiger partial charge in [0.15, 0.2) is 0 Å². The molecule has 0 amide bonds. The summed E-state index contributed by atoms with van der Waals surface area (Å²) in [4.78, 5) is 11.7. The van der Waals surface area contributed by atoms with E-state index in [1.54, 1.807) is 0 Å². The SMILES string of the molecule is CCCCCCCCCCOC(=O)CC(=N)Cc1ccccc1. The van der Waals surface area contributed by atoms with Gasteiger partial charge in [0, 0.05) is 12.1 Å². The first-order chi connectivity index (χ1) is 11.2. The van der Waals surface area contributed by atoms with E-state index in [-0.39, 0.29) is 12.4 Å². The number of esters is 1. The molecule has 1 rings (SSSR count). The highest BCUT2D eigenvalue weighted by Crippen LogP contribution is 2.08. The molecule has 1 aromatic carbocycles. The molecule has 0 aliphatic rings. The molecule has 0 saturated carbocycles. The van der Waals surface area contributed by atoms with Gasteiger partial charge in [0.1, 0.15) is 0 Å². The Balaban J connectivity index is 1.98. The van der Waals surface area contributed by atoms with E-state index in [1.165, 1.54) is 38.5 Å². The van der Waals surface area contributed by atoms with Gasteiger partial charge in [0.2, 0.25) is 0 Å². The van der Waals surface area contributed by atoms with Crippen molar-refractivity contribution in [3.05, 3.63) is 35.9 Å². The Labute approximate surface area is 141 Å². The lowest BCUT2D eigenvalue weighted by Gasteiger charge is -2.06. The summed E-state index contributed by atoms with van der Waals surface area (Å²) in [6.07, 6.45) is 10.5. The third-order valence-corrected chi connectivity index (χ3v) is 3.88. The smallest absolute Gasteiger partial charge is 0.311 e. The number of carbonyl (C=O) groups is 1. The van der Waals surface area contributed by atoms with Gasteiger partial charge in [-0.25, -0.2) is 0 Å². The van der Waals surface area contributed by atoms with Crippen molar-refractivity contribution in [1.82, 2.24) is 0 Å². The first-order valence-electron chi connectivity index (χ1n) is 8.98. The van der Waals surface area contributed by atoms with Gasteiger partial charge in [-0.1, -0.05) is 82.2 Å². The lowest BCUT2D eigenvalue weighted by molar-refractivity contribution is -0.142. The molecule has 0 aromatic heterocycles. The normalized spacial score (nSPS) is 10.5. The van der Waals surface area contributed by atoms with E-state index in [9.17, 15) is 4.79 Å². The molecule has 3 nitrogen and oxygen atoms in total. The second-order valence-corrected chi connectivity index (χ2v) is 6.14. The van der Waals surface area contributed by atoms with Crippen molar-refractivity contribution >= 4 is 11.7 Å². The van der Waals surface area contributed by atoms with Crippen molar-refractivity contribution in [3.63, 3.8) is 0 Å². The zero-order valence-corrected chi connectivity index (χ0v) is 14.5. The van der Waals surface area contributed by atoms with Gasteiger partial charge in [-0.3, -0.25) is 4.79 Å². The lowest BCUT2D eigenvalue weighted by atomic mass is 10.1. The summed E-state index contributed by atoms with van der Waals surface area (Å²) in [5, 5.41) is 7.88. The van der Waals surface area contributed by atoms with Crippen LogP contribution in [0, 0.1) is 5.41 Å². The van der Waals surface area contributed by atoms with E-state index >= 15 is 0 Å². The van der Waals surface area contributed by atoms with Crippen molar-refractivity contribution in [2.24, 2.45) is 0 Å². The first kappa shape index (κ1) is 19.4. The number of rotatable bonds is 13. The second kappa shape index (κ2) is 12.9. The predicted octanol–water partition coefficient (Wildman–Crippen LogP) is 5.32. The van der Waals surface area contributed by atoms with Crippen LogP contribution >= 0.6 is 0 Å². The van der Waals surface area contributed by atoms with Gasteiger partial charge in [0.25, 0.3) is 0 Å². The molecule has 23 heavy (non-hydrogen) atoms. The third kappa shape index (κ3) is 10.7. The molecule has 0 bridgehead atoms. The number of hydrogen-bond acceptors (Lipinski definition) is 3. The summed E-state index contributed by atoms with van der Waals surface area (Å²) in [5.74, 6) is -0.270. The standard InChI is InChI=1S/C20H31NO2/c1-2-3-4-5-6-7-8-12-15-23-20(22)17-19(21)16-18-13-10-9-11-14-18/h9-11,13-14,21H,2-8,12,15-17H2,1H3. The summed E-state index contributed by atoms with van der Waals surface area (Å²) in [5.41, 5.74) is 1.48. The molecule has 0 heterocycles. The topological polar surface area (TPSA) is 50.2 Å². The van der Waals surface area contributed by atoms with Gasteiger partial charge in [-0.2, -0.15) is 0 Å². The van der Waals surface area contributed by atoms with E-state index in [2.05, 4.69) is 6.92 Å². The van der Waals surface area contributed by atoms with Gasteiger partial charge < -0.3 is 10.1 Å². The van der Waals surface area contributed by atoms with E-state index in [4.69, 9.17) is 10.1 Å². The van der Waals surface area contributed by atoms with Crippen molar-refractivity contribution in [3.8, 4) is 0 Å². The Morgan fingerprint density at radius 1 is 0.957 bits per heavy atom. The van der Waals surface area contributed by atoms with Crippen LogP contribution in [0.25, 0.3) is 0 Å². The minimum Gasteiger partial charge on any atom is -0.465 e. The van der Waals surface area contributed by atoms with Crippen LogP contribution in [-0.4, -0.2) is 18.3 Å². The van der Waals surface area contributed by atoms with Gasteiger partial charge in [-0.15, -0.1) is 0 Å². The monoisotopic (exact) mass is 317 g/mol. The second-order valence-electron chi connectivity index (χ2n) is 6.14. The van der Waals surface area contributed by atoms with Crippen molar-refractivity contribution in [1.29, 1.82) is 5.41 Å². The summed E-state index contributed by atoms with van der Waals surface area (Å²) in [6.45, 7) is 2.72. The van der Waals surface area contributed by atoms with Crippen LogP contribution in [0.2, 0.25) is 0 Å². The lowest BCUT2D eigenvalue weighted by Crippen LogP contribution is -2.13. The average molecular weight is 317 g/mol. The fraction of sp³-hybridized carbons (Fsp3) is 0.600. The fourth-order valence-electron chi connectivity index (χ4n) is 2.55. The van der Waals surface area contributed by atoms with Crippen LogP contribution in [-0.2, 0) is 16.0 Å². The number of hydrogen-bond donors (Lipinski definition) is 1. The van der Waals surface area contributed by atoms with E-state index in [0.717, 1.165) is 18.4 Å². The summed E-state index contributed by atoms with van der Waals surface area (Å²) < 4.78 is 5.22. The molecule has 3 heteroatoms. The molecule has 0 unspecified atom stereocenters. The van der Waals surface area contributed by atoms with Crippen LogP contribution in [0.15, 0.2) is 30.3 Å². The minimum absolute atomic E-state index is 0.103. The predicted molar refractivity (Wildman–Crippen MR) is 96.1 cm³/mol. The molecule has 128 valence electrons. The van der Waals surface area contributed by atoms with Crippen LogP contribution in [0.3, 0.4) is 0 Å². The van der Waals surface area contributed by atoms with Crippen molar-refractivity contribution in [2.75, 3.05) is 6.61 Å². The largest absolute Gasteiger partial charge is 0.465 e. The molecule has 0 radical (unpaired) electrons. The number of carbonyl (C=O) groups excluding carboxylic acids is 1. The maximum Gasteiger partial charge on any atom is 0.311 e. The quantitative estimate of drug-likeness (QED) is 0.304. The molecule has 0 aliphatic carbocycles. The fourth-order valence-corrected chi connectivity index (χ4v) is 2.55. The van der Waals surface area contributed by atoms with E-state index in [1.807, 2.05) is 30.3 Å². The number of benzene rings is 1. The Kier molecular flexibility index (Phi) is 10.9. The highest BCUT2D eigenvalue weighted by atomic mass is 16.5. The van der Waals surface area contributed by atoms with E-state index < -0.39 is 0 Å². The minimum atomic E-state index is -0.270. The molecular formula is C20H31NO2. The van der Waals surface area contributed by atoms with Crippen molar-refractivity contribution in [2.45, 2.75) is 71.1 Å². The Bertz CT molecular complexity index is 442.